The van der Waals surface area contributed by atoms with Crippen molar-refractivity contribution in [2.45, 2.75) is 85.8 Å². The fraction of sp³-hybridized carbons (Fsp3) is 0.172. The maximum absolute atomic E-state index is 13.7. The van der Waals surface area contributed by atoms with E-state index in [1.54, 1.807) is 12.1 Å². The third-order valence-corrected chi connectivity index (χ3v) is 17.7. The molecule has 2 nitrogen and oxygen atoms in total. The molecule has 306 valence electrons. The van der Waals surface area contributed by atoms with Crippen LogP contribution < -0.4 is 0 Å². The van der Waals surface area contributed by atoms with Gasteiger partial charge in [-0.2, -0.15) is 0 Å². The smallest absolute Gasteiger partial charge is 0.207 e. The first-order chi connectivity index (χ1) is 29.8. The molecule has 8 aromatic carbocycles. The van der Waals surface area contributed by atoms with Crippen LogP contribution in [-0.2, 0) is 20.7 Å². The van der Waals surface area contributed by atoms with Gasteiger partial charge in [0.25, 0.3) is 0 Å². The summed E-state index contributed by atoms with van der Waals surface area (Å²) < 4.78 is 27.4. The lowest BCUT2D eigenvalue weighted by Gasteiger charge is -2.40. The molecule has 0 unspecified atom stereocenters. The predicted octanol–water partition coefficient (Wildman–Crippen LogP) is 14.4. The van der Waals surface area contributed by atoms with E-state index >= 15 is 0 Å². The fourth-order valence-electron chi connectivity index (χ4n) is 11.1. The second kappa shape index (κ2) is 13.5. The van der Waals surface area contributed by atoms with Gasteiger partial charge in [0, 0.05) is 11.2 Å². The van der Waals surface area contributed by atoms with E-state index in [9.17, 15) is 8.42 Å². The van der Waals surface area contributed by atoms with Crippen LogP contribution in [0.15, 0.2) is 165 Å². The maximum Gasteiger partial charge on any atom is 0.207 e. The van der Waals surface area contributed by atoms with E-state index in [2.05, 4.69) is 152 Å². The molecule has 2 spiro atoms. The molecule has 4 aliphatic rings. The van der Waals surface area contributed by atoms with Crippen molar-refractivity contribution in [3.63, 3.8) is 0 Å². The molecule has 8 aromatic rings. The largest absolute Gasteiger partial charge is 0.218 e. The van der Waals surface area contributed by atoms with Gasteiger partial charge in [0.05, 0.1) is 20.6 Å². The lowest BCUT2D eigenvalue weighted by molar-refractivity contribution is 0.580. The number of benzene rings is 8. The van der Waals surface area contributed by atoms with Crippen LogP contribution in [0.1, 0.15) is 90.4 Å². The number of sulfone groups is 1. The Hall–Kier alpha value is -5.94. The van der Waals surface area contributed by atoms with Crippen molar-refractivity contribution in [2.75, 3.05) is 0 Å². The summed E-state index contributed by atoms with van der Waals surface area (Å²) in [4.78, 5) is 3.56. The van der Waals surface area contributed by atoms with Gasteiger partial charge < -0.3 is 0 Å². The summed E-state index contributed by atoms with van der Waals surface area (Å²) in [5.74, 6) is 0. The van der Waals surface area contributed by atoms with Gasteiger partial charge in [-0.1, -0.05) is 133 Å². The van der Waals surface area contributed by atoms with Crippen LogP contribution in [0.25, 0.3) is 22.3 Å². The summed E-state index contributed by atoms with van der Waals surface area (Å²) in [6, 6.07) is 52.0. The molecule has 62 heavy (non-hydrogen) atoms. The lowest BCUT2D eigenvalue weighted by Crippen LogP contribution is -2.36. The van der Waals surface area contributed by atoms with Crippen LogP contribution in [0.2, 0.25) is 0 Å². The molecule has 4 heteroatoms. The third kappa shape index (κ3) is 5.02. The Labute approximate surface area is 372 Å². The van der Waals surface area contributed by atoms with Crippen molar-refractivity contribution in [1.82, 2.24) is 0 Å². The van der Waals surface area contributed by atoms with Crippen molar-refractivity contribution in [3.05, 3.63) is 235 Å². The van der Waals surface area contributed by atoms with Gasteiger partial charge in [-0.05, 0) is 191 Å². The number of aryl methyl sites for hydroxylation is 8. The van der Waals surface area contributed by atoms with Gasteiger partial charge in [-0.15, -0.1) is 0 Å². The highest BCUT2D eigenvalue weighted by Crippen LogP contribution is 2.64. The maximum atomic E-state index is 13.7. The highest BCUT2D eigenvalue weighted by atomic mass is 32.2. The molecule has 0 atom stereocenters. The molecule has 2 heterocycles. The van der Waals surface area contributed by atoms with Crippen molar-refractivity contribution < 1.29 is 9.84 Å². The summed E-state index contributed by atoms with van der Waals surface area (Å²) >= 11 is 1.91. The third-order valence-electron chi connectivity index (χ3n) is 14.7. The number of hydrogen-bond acceptors (Lipinski definition) is 3. The Balaban J connectivity index is 0.000000148. The zero-order valence-corrected chi connectivity index (χ0v) is 38.1. The van der Waals surface area contributed by atoms with Gasteiger partial charge in [0.2, 0.25) is 9.84 Å². The summed E-state index contributed by atoms with van der Waals surface area (Å²) in [5, 5.41) is 0. The monoisotopic (exact) mass is 842 g/mol. The second-order valence-corrected chi connectivity index (χ2v) is 21.0. The first-order valence-electron chi connectivity index (χ1n) is 21.6. The minimum Gasteiger partial charge on any atom is -0.218 e. The normalized spacial score (nSPS) is 15.5. The van der Waals surface area contributed by atoms with Gasteiger partial charge in [0.1, 0.15) is 0 Å². The zero-order chi connectivity index (χ0) is 43.0. The standard InChI is InChI=1S/C29H24O2S.C29H24S.H2/c1-17-13-21-22-14-18(2)20(4)16-26(22)29(25(21)15-19(17)3)23-9-5-7-11-27(23)32(30,31)28-12-8-6-10-24(28)29;1-17-13-21-22-14-18(2)20(4)16-26(22)29(25(21)15-19(17)3)23-9-5-7-11-27(23)30-28-12-8-6-10-24(28)29;/h5-16H,1-4H3;5-16H,1-4H3;1H. The molecule has 2 aliphatic heterocycles. The molecule has 0 saturated carbocycles. The summed E-state index contributed by atoms with van der Waals surface area (Å²) in [5.41, 5.74) is 24.4. The molecule has 0 aromatic heterocycles. The van der Waals surface area contributed by atoms with E-state index in [-0.39, 0.29) is 6.84 Å². The second-order valence-electron chi connectivity index (χ2n) is 18.0. The van der Waals surface area contributed by atoms with Crippen molar-refractivity contribution in [3.8, 4) is 22.3 Å². The predicted molar refractivity (Wildman–Crippen MR) is 257 cm³/mol. The van der Waals surface area contributed by atoms with Crippen molar-refractivity contribution in [2.24, 2.45) is 0 Å². The molecule has 0 amide bonds. The van der Waals surface area contributed by atoms with Crippen LogP contribution in [0, 0.1) is 55.4 Å². The summed E-state index contributed by atoms with van der Waals surface area (Å²) in [6.45, 7) is 17.5. The van der Waals surface area contributed by atoms with Gasteiger partial charge in [0.15, 0.2) is 0 Å². The van der Waals surface area contributed by atoms with Crippen LogP contribution in [0.3, 0.4) is 0 Å². The van der Waals surface area contributed by atoms with Gasteiger partial charge in [-0.3, -0.25) is 0 Å². The van der Waals surface area contributed by atoms with Crippen molar-refractivity contribution in [1.29, 1.82) is 0 Å². The first-order valence-corrected chi connectivity index (χ1v) is 23.9. The topological polar surface area (TPSA) is 34.1 Å². The molecule has 2 aliphatic carbocycles. The Kier molecular flexibility index (Phi) is 8.50. The highest BCUT2D eigenvalue weighted by Gasteiger charge is 2.54. The molecule has 0 N–H and O–H groups in total. The molecule has 0 saturated heterocycles. The average molecular weight is 843 g/mol. The van der Waals surface area contributed by atoms with E-state index in [1.165, 1.54) is 110 Å². The Morgan fingerprint density at radius 3 is 0.935 bits per heavy atom. The molecule has 0 bridgehead atoms. The summed E-state index contributed by atoms with van der Waals surface area (Å²) in [6.07, 6.45) is 0. The van der Waals surface area contributed by atoms with Gasteiger partial charge in [-0.25, -0.2) is 8.42 Å². The van der Waals surface area contributed by atoms with E-state index in [0.717, 1.165) is 11.1 Å². The van der Waals surface area contributed by atoms with E-state index in [0.29, 0.717) is 9.79 Å². The Morgan fingerprint density at radius 1 is 0.339 bits per heavy atom. The molecular formula is C58H50O2S2. The molecular weight excluding hydrogens is 793 g/mol. The van der Waals surface area contributed by atoms with E-state index < -0.39 is 15.3 Å². The molecule has 0 radical (unpaired) electrons. The first kappa shape index (κ1) is 38.9. The van der Waals surface area contributed by atoms with Crippen LogP contribution >= 0.6 is 11.8 Å². The number of fused-ring (bicyclic) bond motifs is 18. The van der Waals surface area contributed by atoms with Gasteiger partial charge >= 0.3 is 0 Å². The van der Waals surface area contributed by atoms with E-state index in [4.69, 9.17) is 0 Å². The summed E-state index contributed by atoms with van der Waals surface area (Å²) in [7, 11) is -3.61. The minimum absolute atomic E-state index is 0. The van der Waals surface area contributed by atoms with Crippen LogP contribution in [-0.4, -0.2) is 8.42 Å². The highest BCUT2D eigenvalue weighted by molar-refractivity contribution is 7.99. The van der Waals surface area contributed by atoms with E-state index in [1.807, 2.05) is 48.2 Å². The van der Waals surface area contributed by atoms with Crippen LogP contribution in [0.4, 0.5) is 0 Å². The molecule has 12 rings (SSSR count). The Morgan fingerprint density at radius 2 is 0.597 bits per heavy atom. The fourth-order valence-corrected chi connectivity index (χ4v) is 14.1. The average Bonchev–Trinajstić information content (AvgIpc) is 3.66. The molecule has 0 fully saturated rings. The minimum atomic E-state index is -3.61. The number of rotatable bonds is 0. The lowest BCUT2D eigenvalue weighted by atomic mass is 9.67. The quantitative estimate of drug-likeness (QED) is 0.153. The SMILES string of the molecule is Cc1cc2c(cc1C)C1(c3cc(C)c(C)cc3-2)c2ccccc2S(=O)(=O)c2ccccc21.Cc1cc2c(cc1C)C1(c3ccccc3Sc3ccccc31)c1cc(C)c(C)cc1-2.[HH]. The number of hydrogen-bond donors (Lipinski definition) is 0. The zero-order valence-electron chi connectivity index (χ0n) is 36.5. The van der Waals surface area contributed by atoms with Crippen LogP contribution in [0.5, 0.6) is 0 Å². The Bertz CT molecular complexity index is 3180. The van der Waals surface area contributed by atoms with Crippen molar-refractivity contribution >= 4 is 21.6 Å².